The molecule has 0 fully saturated rings. The molecule has 3 unspecified atom stereocenters. The topological polar surface area (TPSA) is 6.48 Å². The predicted octanol–water partition coefficient (Wildman–Crippen LogP) is 12.0. The fourth-order valence-electron chi connectivity index (χ4n) is 7.44. The first-order valence-electron chi connectivity index (χ1n) is 18.0. The Hall–Kier alpha value is -6.48. The Morgan fingerprint density at radius 1 is 0.615 bits per heavy atom. The number of aryl methyl sites for hydroxylation is 1. The highest BCUT2D eigenvalue weighted by atomic mass is 15.2. The van der Waals surface area contributed by atoms with Gasteiger partial charge in [0.15, 0.2) is 0 Å². The maximum Gasteiger partial charge on any atom is 0.115 e. The van der Waals surface area contributed by atoms with Crippen molar-refractivity contribution in [1.29, 1.82) is 0 Å². The molecule has 2 heteroatoms. The third-order valence-electron chi connectivity index (χ3n) is 10.2. The minimum atomic E-state index is -0.245. The number of hydrogen-bond donors (Lipinski definition) is 0. The van der Waals surface area contributed by atoms with Crippen molar-refractivity contribution in [3.05, 3.63) is 199 Å². The van der Waals surface area contributed by atoms with E-state index < -0.39 is 0 Å². The van der Waals surface area contributed by atoms with E-state index in [0.29, 0.717) is 0 Å². The van der Waals surface area contributed by atoms with Gasteiger partial charge >= 0.3 is 0 Å². The van der Waals surface area contributed by atoms with Gasteiger partial charge in [-0.1, -0.05) is 157 Å². The standard InChI is InChI=1S/C50H40N2/c1-38-16-9-14-26-48(38)51(49-27-15-21-43-20-11-13-25-47(43)49)44-22-12-10-19-40(28-31-44)41-29-32-46(33-30-41)52(45-23-7-4-8-24-45)50(2)36-34-42(35-37-50)39-17-5-3-6-18-39/h3-9,11,13-18,20-21,23-36,40,44H,37H2,1-2H3. The van der Waals surface area contributed by atoms with Crippen molar-refractivity contribution in [2.24, 2.45) is 0 Å². The molecule has 0 bridgehead atoms. The summed E-state index contributed by atoms with van der Waals surface area (Å²) in [6.45, 7) is 4.49. The fraction of sp³-hybridized carbons (Fsp3) is 0.120. The van der Waals surface area contributed by atoms with Crippen LogP contribution in [0.25, 0.3) is 16.3 Å². The van der Waals surface area contributed by atoms with E-state index in [4.69, 9.17) is 0 Å². The first kappa shape index (κ1) is 32.7. The number of benzene rings is 6. The average molecular weight is 669 g/mol. The minimum Gasteiger partial charge on any atom is -0.332 e. The van der Waals surface area contributed by atoms with Gasteiger partial charge in [0, 0.05) is 22.4 Å². The summed E-state index contributed by atoms with van der Waals surface area (Å²) in [6, 6.07) is 53.7. The van der Waals surface area contributed by atoms with Gasteiger partial charge in [-0.3, -0.25) is 0 Å². The van der Waals surface area contributed by atoms with Crippen molar-refractivity contribution >= 4 is 39.1 Å². The molecule has 6 aromatic carbocycles. The summed E-state index contributed by atoms with van der Waals surface area (Å²) < 4.78 is 0. The lowest BCUT2D eigenvalue weighted by Crippen LogP contribution is -2.42. The van der Waals surface area contributed by atoms with E-state index in [2.05, 4.69) is 229 Å². The average Bonchev–Trinajstić information content (AvgIpc) is 3.18. The van der Waals surface area contributed by atoms with Crippen molar-refractivity contribution in [1.82, 2.24) is 0 Å². The van der Waals surface area contributed by atoms with Crippen molar-refractivity contribution in [2.45, 2.75) is 37.8 Å². The molecular formula is C50H40N2. The van der Waals surface area contributed by atoms with Gasteiger partial charge in [-0.05, 0) is 96.2 Å². The fourth-order valence-corrected chi connectivity index (χ4v) is 7.44. The van der Waals surface area contributed by atoms with E-state index in [0.717, 1.165) is 34.7 Å². The van der Waals surface area contributed by atoms with Crippen LogP contribution in [0, 0.1) is 30.6 Å². The van der Waals surface area contributed by atoms with Crippen LogP contribution in [-0.4, -0.2) is 11.6 Å². The molecule has 3 atom stereocenters. The smallest absolute Gasteiger partial charge is 0.115 e. The molecule has 0 spiro atoms. The quantitative estimate of drug-likeness (QED) is 0.118. The molecule has 0 amide bonds. The number of rotatable bonds is 8. The molecule has 2 nitrogen and oxygen atoms in total. The summed E-state index contributed by atoms with van der Waals surface area (Å²) in [4.78, 5) is 4.82. The molecule has 0 aromatic heterocycles. The Morgan fingerprint density at radius 2 is 1.27 bits per heavy atom. The molecule has 6 aromatic rings. The summed E-state index contributed by atoms with van der Waals surface area (Å²) >= 11 is 0. The van der Waals surface area contributed by atoms with Gasteiger partial charge in [0.25, 0.3) is 0 Å². The van der Waals surface area contributed by atoms with Crippen LogP contribution < -0.4 is 9.80 Å². The third-order valence-corrected chi connectivity index (χ3v) is 10.2. The second-order valence-electron chi connectivity index (χ2n) is 13.7. The third kappa shape index (κ3) is 6.56. The lowest BCUT2D eigenvalue weighted by Gasteiger charge is -2.42. The summed E-state index contributed by atoms with van der Waals surface area (Å²) in [5, 5.41) is 2.40. The van der Waals surface area contributed by atoms with Crippen LogP contribution in [-0.2, 0) is 0 Å². The van der Waals surface area contributed by atoms with Gasteiger partial charge in [0.1, 0.15) is 6.04 Å². The van der Waals surface area contributed by atoms with Crippen LogP contribution in [0.3, 0.4) is 0 Å². The number of hydrogen-bond acceptors (Lipinski definition) is 2. The summed E-state index contributed by atoms with van der Waals surface area (Å²) in [7, 11) is 0. The van der Waals surface area contributed by atoms with E-state index in [9.17, 15) is 0 Å². The molecule has 52 heavy (non-hydrogen) atoms. The predicted molar refractivity (Wildman–Crippen MR) is 220 cm³/mol. The summed E-state index contributed by atoms with van der Waals surface area (Å²) in [5.41, 5.74) is 9.17. The highest BCUT2D eigenvalue weighted by Crippen LogP contribution is 2.41. The zero-order valence-electron chi connectivity index (χ0n) is 29.6. The van der Waals surface area contributed by atoms with Gasteiger partial charge in [-0.25, -0.2) is 0 Å². The van der Waals surface area contributed by atoms with Crippen LogP contribution in [0.4, 0.5) is 22.7 Å². The van der Waals surface area contributed by atoms with Crippen LogP contribution in [0.1, 0.15) is 36.0 Å². The Morgan fingerprint density at radius 3 is 2.04 bits per heavy atom. The molecular weight excluding hydrogens is 629 g/mol. The molecule has 2 aliphatic carbocycles. The van der Waals surface area contributed by atoms with E-state index in [-0.39, 0.29) is 17.5 Å². The van der Waals surface area contributed by atoms with Crippen LogP contribution in [0.5, 0.6) is 0 Å². The zero-order valence-corrected chi connectivity index (χ0v) is 29.6. The first-order chi connectivity index (χ1) is 25.6. The van der Waals surface area contributed by atoms with Gasteiger partial charge in [-0.15, -0.1) is 0 Å². The Bertz CT molecular complexity index is 2430. The van der Waals surface area contributed by atoms with E-state index in [1.807, 2.05) is 0 Å². The van der Waals surface area contributed by atoms with Crippen LogP contribution in [0.15, 0.2) is 182 Å². The Balaban J connectivity index is 1.11. The molecule has 0 saturated heterocycles. The monoisotopic (exact) mass is 668 g/mol. The lowest BCUT2D eigenvalue weighted by molar-refractivity contribution is 0.571. The van der Waals surface area contributed by atoms with Crippen molar-refractivity contribution in [3.8, 4) is 23.7 Å². The largest absolute Gasteiger partial charge is 0.332 e. The van der Waals surface area contributed by atoms with Crippen LogP contribution in [0.2, 0.25) is 0 Å². The zero-order chi connectivity index (χ0) is 35.3. The van der Waals surface area contributed by atoms with Crippen LogP contribution >= 0.6 is 0 Å². The number of para-hydroxylation sites is 2. The maximum absolute atomic E-state index is 3.48. The highest BCUT2D eigenvalue weighted by Gasteiger charge is 2.32. The minimum absolute atomic E-state index is 0.0934. The van der Waals surface area contributed by atoms with E-state index in [1.54, 1.807) is 0 Å². The summed E-state index contributed by atoms with van der Waals surface area (Å²) in [5.74, 6) is 13.2. The van der Waals surface area contributed by atoms with E-state index in [1.165, 1.54) is 27.5 Å². The van der Waals surface area contributed by atoms with Crippen molar-refractivity contribution < 1.29 is 0 Å². The second-order valence-corrected chi connectivity index (χ2v) is 13.7. The second kappa shape index (κ2) is 14.4. The van der Waals surface area contributed by atoms with Gasteiger partial charge < -0.3 is 9.80 Å². The molecule has 0 heterocycles. The van der Waals surface area contributed by atoms with Gasteiger partial charge in [-0.2, -0.15) is 0 Å². The van der Waals surface area contributed by atoms with E-state index >= 15 is 0 Å². The molecule has 0 aliphatic heterocycles. The number of fused-ring (bicyclic) bond motifs is 1. The SMILES string of the molecule is Cc1ccccc1N(c1cccc2ccccc12)C1C#CC#CC(c2ccc(N(c3ccccc3)C3(C)C=CC(c4ccccc4)=CC3)cc2)C=C1. The number of nitrogens with zero attached hydrogens (tertiary/aromatic N) is 2. The number of anilines is 4. The molecule has 250 valence electrons. The molecule has 0 N–H and O–H groups in total. The Labute approximate surface area is 308 Å². The molecule has 2 aliphatic rings. The van der Waals surface area contributed by atoms with Gasteiger partial charge in [0.05, 0.1) is 17.1 Å². The molecule has 0 radical (unpaired) electrons. The Kier molecular flexibility index (Phi) is 9.06. The highest BCUT2D eigenvalue weighted by molar-refractivity contribution is 5.97. The molecule has 0 saturated carbocycles. The van der Waals surface area contributed by atoms with Crippen molar-refractivity contribution in [3.63, 3.8) is 0 Å². The first-order valence-corrected chi connectivity index (χ1v) is 18.0. The normalized spacial score (nSPS) is 18.9. The molecule has 8 rings (SSSR count). The van der Waals surface area contributed by atoms with Crippen molar-refractivity contribution in [2.75, 3.05) is 9.80 Å². The maximum atomic E-state index is 3.48. The lowest BCUT2D eigenvalue weighted by atomic mass is 9.85. The summed E-state index contributed by atoms with van der Waals surface area (Å²) in [6.07, 6.45) is 12.3. The van der Waals surface area contributed by atoms with Gasteiger partial charge in [0.2, 0.25) is 0 Å². The number of allylic oxidation sites excluding steroid dienone is 3.